The molecule has 0 atom stereocenters. The number of carbonyl (C=O) groups is 4. The fourth-order valence-corrected chi connectivity index (χ4v) is 0. The van der Waals surface area contributed by atoms with Crippen LogP contribution in [0.5, 0.6) is 0 Å². The maximum Gasteiger partial charge on any atom is 0.192 e. The molecule has 0 aromatic carbocycles. The van der Waals surface area contributed by atoms with E-state index in [4.69, 9.17) is 9.59 Å². The summed E-state index contributed by atoms with van der Waals surface area (Å²) in [6.07, 6.45) is 0.556. The molecule has 0 unspecified atom stereocenters. The van der Waals surface area contributed by atoms with Crippen LogP contribution in [0.3, 0.4) is 0 Å². The maximum atomic E-state index is 9.44. The molecule has 10 heavy (non-hydrogen) atoms. The van der Waals surface area contributed by atoms with E-state index in [2.05, 4.69) is 0 Å². The first kappa shape index (κ1) is 11.5. The molecule has 0 aliphatic rings. The number of hydrogen-bond donors (Lipinski definition) is 0. The highest BCUT2D eigenvalue weighted by molar-refractivity contribution is 6.23. The van der Waals surface area contributed by atoms with Gasteiger partial charge in [-0.2, -0.15) is 0 Å². The van der Waals surface area contributed by atoms with Crippen LogP contribution in [0.25, 0.3) is 0 Å². The van der Waals surface area contributed by atoms with Crippen molar-refractivity contribution < 1.29 is 19.2 Å². The quantitative estimate of drug-likeness (QED) is 0.388. The van der Waals surface area contributed by atoms with E-state index in [1.54, 1.807) is 0 Å². The number of aldehydes is 2. The average Bonchev–Trinajstić information content (AvgIpc) is 1.89. The molecular formula is C6H8O4. The molecule has 0 fully saturated rings. The topological polar surface area (TPSA) is 68.3 Å². The summed E-state index contributed by atoms with van der Waals surface area (Å²) in [7, 11) is 0. The molecule has 0 aliphatic carbocycles. The van der Waals surface area contributed by atoms with E-state index in [0.29, 0.717) is 0 Å². The third kappa shape index (κ3) is 30.0. The van der Waals surface area contributed by atoms with Crippen molar-refractivity contribution in [3.8, 4) is 0 Å². The normalized spacial score (nSPS) is 6.60. The van der Waals surface area contributed by atoms with Crippen molar-refractivity contribution in [2.24, 2.45) is 0 Å². The second kappa shape index (κ2) is 7.68. The van der Waals surface area contributed by atoms with Gasteiger partial charge in [0.05, 0.1) is 0 Å². The van der Waals surface area contributed by atoms with Crippen molar-refractivity contribution in [3.63, 3.8) is 0 Å². The smallest absolute Gasteiger partial charge is 0.192 e. The van der Waals surface area contributed by atoms with Gasteiger partial charge in [-0.25, -0.2) is 0 Å². The van der Waals surface area contributed by atoms with Crippen molar-refractivity contribution in [1.29, 1.82) is 0 Å². The van der Waals surface area contributed by atoms with Crippen LogP contribution in [0, 0.1) is 0 Å². The molecule has 0 N–H and O–H groups in total. The molecule has 0 heterocycles. The molecule has 0 aliphatic heterocycles. The van der Waals surface area contributed by atoms with E-state index in [-0.39, 0.29) is 12.6 Å². The monoisotopic (exact) mass is 144 g/mol. The molecular weight excluding hydrogens is 136 g/mol. The lowest BCUT2D eigenvalue weighted by Gasteiger charge is -1.57. The number of carbonyl (C=O) groups excluding carboxylic acids is 4. The van der Waals surface area contributed by atoms with Crippen molar-refractivity contribution in [3.05, 3.63) is 0 Å². The minimum atomic E-state index is -0.426. The van der Waals surface area contributed by atoms with Gasteiger partial charge in [0.2, 0.25) is 0 Å². The Kier molecular flexibility index (Phi) is 8.81. The summed E-state index contributed by atoms with van der Waals surface area (Å²) in [5, 5.41) is 0. The molecule has 0 amide bonds. The van der Waals surface area contributed by atoms with Gasteiger partial charge in [-0.15, -0.1) is 0 Å². The van der Waals surface area contributed by atoms with E-state index >= 15 is 0 Å². The molecule has 4 heteroatoms. The molecule has 0 saturated heterocycles. The molecule has 4 nitrogen and oxygen atoms in total. The van der Waals surface area contributed by atoms with Gasteiger partial charge in [-0.1, -0.05) is 0 Å². The zero-order valence-corrected chi connectivity index (χ0v) is 5.79. The summed E-state index contributed by atoms with van der Waals surface area (Å²) in [5.41, 5.74) is 0. The Morgan fingerprint density at radius 3 is 1.00 bits per heavy atom. The van der Waals surface area contributed by atoms with Crippen LogP contribution in [0.1, 0.15) is 13.8 Å². The van der Waals surface area contributed by atoms with Gasteiger partial charge in [0.1, 0.15) is 0 Å². The Hall–Kier alpha value is -1.32. The maximum absolute atomic E-state index is 9.44. The predicted octanol–water partition coefficient (Wildman–Crippen LogP) is -0.451. The van der Waals surface area contributed by atoms with Crippen LogP contribution in [-0.2, 0) is 19.2 Å². The molecule has 0 rings (SSSR count). The Labute approximate surface area is 58.2 Å². The first-order valence-electron chi connectivity index (χ1n) is 2.46. The van der Waals surface area contributed by atoms with Crippen LogP contribution in [0.15, 0.2) is 0 Å². The molecule has 56 valence electrons. The van der Waals surface area contributed by atoms with Crippen molar-refractivity contribution in [2.75, 3.05) is 0 Å². The summed E-state index contributed by atoms with van der Waals surface area (Å²) >= 11 is 0. The summed E-state index contributed by atoms with van der Waals surface area (Å²) in [6.45, 7) is 2.43. The summed E-state index contributed by atoms with van der Waals surface area (Å²) in [5.74, 6) is -0.852. The third-order valence-electron chi connectivity index (χ3n) is 0.332. The van der Waals surface area contributed by atoms with Gasteiger partial charge < -0.3 is 0 Å². The summed E-state index contributed by atoms with van der Waals surface area (Å²) < 4.78 is 0. The highest BCUT2D eigenvalue weighted by Gasteiger charge is 1.76. The van der Waals surface area contributed by atoms with E-state index in [9.17, 15) is 9.59 Å². The standard InChI is InChI=1S/2C3H4O2/c2*1-3(5)2-4/h2*2H,1H3. The van der Waals surface area contributed by atoms with E-state index in [0.717, 1.165) is 0 Å². The summed E-state index contributed by atoms with van der Waals surface area (Å²) in [6, 6.07) is 0. The lowest BCUT2D eigenvalue weighted by atomic mass is 10.5. The third-order valence-corrected chi connectivity index (χ3v) is 0.332. The lowest BCUT2D eigenvalue weighted by Crippen LogP contribution is -1.85. The lowest BCUT2D eigenvalue weighted by molar-refractivity contribution is -0.128. The van der Waals surface area contributed by atoms with E-state index in [1.165, 1.54) is 13.8 Å². The molecule has 0 aromatic rings. The Morgan fingerprint density at radius 2 is 1.00 bits per heavy atom. The van der Waals surface area contributed by atoms with Crippen LogP contribution in [0.4, 0.5) is 0 Å². The van der Waals surface area contributed by atoms with Gasteiger partial charge in [0.25, 0.3) is 0 Å². The Balaban J connectivity index is 0. The zero-order valence-electron chi connectivity index (χ0n) is 5.79. The van der Waals surface area contributed by atoms with Crippen LogP contribution < -0.4 is 0 Å². The van der Waals surface area contributed by atoms with Crippen molar-refractivity contribution >= 4 is 24.1 Å². The first-order valence-corrected chi connectivity index (χ1v) is 2.46. The minimum Gasteiger partial charge on any atom is -0.295 e. The molecule has 0 saturated carbocycles. The molecule has 0 spiro atoms. The average molecular weight is 144 g/mol. The highest BCUT2D eigenvalue weighted by Crippen LogP contribution is 1.48. The SMILES string of the molecule is CC(=O)C=O.CC(=O)C=O. The summed E-state index contributed by atoms with van der Waals surface area (Å²) in [4.78, 5) is 37.2. The van der Waals surface area contributed by atoms with E-state index in [1.807, 2.05) is 0 Å². The first-order chi connectivity index (χ1) is 4.54. The fraction of sp³-hybridized carbons (Fsp3) is 0.333. The number of hydrogen-bond acceptors (Lipinski definition) is 4. The van der Waals surface area contributed by atoms with Gasteiger partial charge in [-0.3, -0.25) is 19.2 Å². The van der Waals surface area contributed by atoms with Crippen molar-refractivity contribution in [1.82, 2.24) is 0 Å². The number of Topliss-reactive ketones (excluding diaryl/α,β-unsaturated/α-hetero) is 2. The Bertz CT molecular complexity index is 130. The number of ketones is 2. The molecule has 0 aromatic heterocycles. The second-order valence-electron chi connectivity index (χ2n) is 1.46. The number of rotatable bonds is 2. The largest absolute Gasteiger partial charge is 0.295 e. The van der Waals surface area contributed by atoms with Gasteiger partial charge >= 0.3 is 0 Å². The van der Waals surface area contributed by atoms with Crippen LogP contribution in [-0.4, -0.2) is 24.1 Å². The second-order valence-corrected chi connectivity index (χ2v) is 1.46. The molecule has 0 radical (unpaired) electrons. The van der Waals surface area contributed by atoms with Gasteiger partial charge in [0, 0.05) is 13.8 Å². The van der Waals surface area contributed by atoms with Crippen molar-refractivity contribution in [2.45, 2.75) is 13.8 Å². The highest BCUT2D eigenvalue weighted by atomic mass is 16.2. The predicted molar refractivity (Wildman–Crippen MR) is 33.5 cm³/mol. The van der Waals surface area contributed by atoms with E-state index < -0.39 is 11.6 Å². The fourth-order valence-electron chi connectivity index (χ4n) is 0. The van der Waals surface area contributed by atoms with Gasteiger partial charge in [-0.05, 0) is 0 Å². The minimum absolute atomic E-state index is 0.278. The zero-order chi connectivity index (χ0) is 8.57. The van der Waals surface area contributed by atoms with Crippen LogP contribution >= 0.6 is 0 Å². The van der Waals surface area contributed by atoms with Crippen LogP contribution in [0.2, 0.25) is 0 Å². The molecule has 0 bridgehead atoms. The van der Waals surface area contributed by atoms with Gasteiger partial charge in [0.15, 0.2) is 24.1 Å². The Morgan fingerprint density at radius 1 is 0.900 bits per heavy atom.